The largest absolute Gasteiger partial charge is 0.545 e. The third-order valence-corrected chi connectivity index (χ3v) is 2.76. The number of nitro benzene ring substituents is 1. The fourth-order valence-electron chi connectivity index (χ4n) is 1.55. The molecular weight excluding hydrogens is 286 g/mol. The maximum absolute atomic E-state index is 10.8. The Labute approximate surface area is 118 Å². The second kappa shape index (κ2) is 5.58. The Morgan fingerprint density at radius 2 is 2.05 bits per heavy atom. The minimum atomic E-state index is -1.34. The lowest BCUT2D eigenvalue weighted by molar-refractivity contribution is -0.384. The number of furan rings is 1. The van der Waals surface area contributed by atoms with Crippen molar-refractivity contribution in [2.75, 3.05) is 0 Å². The van der Waals surface area contributed by atoms with E-state index >= 15 is 0 Å². The maximum atomic E-state index is 10.8. The number of hydrogen-bond acceptors (Lipinski definition) is 5. The van der Waals surface area contributed by atoms with E-state index in [0.29, 0.717) is 17.1 Å². The summed E-state index contributed by atoms with van der Waals surface area (Å²) in [5.74, 6) is -0.686. The molecule has 2 aromatic rings. The number of aliphatic carboxylic acids is 1. The summed E-state index contributed by atoms with van der Waals surface area (Å²) >= 11 is 5.71. The highest BCUT2D eigenvalue weighted by Crippen LogP contribution is 2.31. The van der Waals surface area contributed by atoms with Gasteiger partial charge in [0.2, 0.25) is 0 Å². The van der Waals surface area contributed by atoms with Crippen LogP contribution in [0.5, 0.6) is 0 Å². The van der Waals surface area contributed by atoms with Gasteiger partial charge in [0.25, 0.3) is 5.69 Å². The zero-order chi connectivity index (χ0) is 14.7. The van der Waals surface area contributed by atoms with Crippen molar-refractivity contribution in [3.05, 3.63) is 57.3 Å². The monoisotopic (exact) mass is 292 g/mol. The molecule has 0 amide bonds. The van der Waals surface area contributed by atoms with Crippen molar-refractivity contribution in [2.24, 2.45) is 0 Å². The van der Waals surface area contributed by atoms with Gasteiger partial charge in [0.15, 0.2) is 0 Å². The quantitative estimate of drug-likeness (QED) is 0.489. The molecule has 0 aliphatic heterocycles. The molecule has 2 rings (SSSR count). The van der Waals surface area contributed by atoms with Gasteiger partial charge in [-0.15, -0.1) is 0 Å². The maximum Gasteiger partial charge on any atom is 0.288 e. The summed E-state index contributed by atoms with van der Waals surface area (Å²) in [5.41, 5.74) is 0.238. The molecule has 0 atom stereocenters. The van der Waals surface area contributed by atoms with Crippen LogP contribution in [0.1, 0.15) is 5.76 Å². The van der Waals surface area contributed by atoms with Gasteiger partial charge in [-0.05, 0) is 36.4 Å². The first-order valence-corrected chi connectivity index (χ1v) is 5.78. The fraction of sp³-hybridized carbons (Fsp3) is 0. The molecule has 20 heavy (non-hydrogen) atoms. The molecule has 6 nitrogen and oxygen atoms in total. The topological polar surface area (TPSA) is 96.4 Å². The van der Waals surface area contributed by atoms with E-state index in [1.165, 1.54) is 24.3 Å². The molecule has 0 unspecified atom stereocenters. The van der Waals surface area contributed by atoms with Gasteiger partial charge >= 0.3 is 0 Å². The van der Waals surface area contributed by atoms with E-state index in [0.717, 1.165) is 6.08 Å². The highest BCUT2D eigenvalue weighted by atomic mass is 35.5. The Morgan fingerprint density at radius 1 is 1.30 bits per heavy atom. The fourth-order valence-corrected chi connectivity index (χ4v) is 1.74. The van der Waals surface area contributed by atoms with Crippen molar-refractivity contribution >= 4 is 29.3 Å². The van der Waals surface area contributed by atoms with Gasteiger partial charge in [-0.3, -0.25) is 10.1 Å². The van der Waals surface area contributed by atoms with Gasteiger partial charge < -0.3 is 14.3 Å². The van der Waals surface area contributed by atoms with Gasteiger partial charge in [0.1, 0.15) is 16.5 Å². The highest BCUT2D eigenvalue weighted by molar-refractivity contribution is 6.32. The van der Waals surface area contributed by atoms with Gasteiger partial charge in [-0.2, -0.15) is 0 Å². The average molecular weight is 293 g/mol. The second-order valence-electron chi connectivity index (χ2n) is 3.78. The highest BCUT2D eigenvalue weighted by Gasteiger charge is 2.14. The van der Waals surface area contributed by atoms with Crippen molar-refractivity contribution in [2.45, 2.75) is 0 Å². The lowest BCUT2D eigenvalue weighted by Crippen LogP contribution is -2.18. The zero-order valence-corrected chi connectivity index (χ0v) is 10.7. The average Bonchev–Trinajstić information content (AvgIpc) is 2.85. The van der Waals surface area contributed by atoms with E-state index < -0.39 is 10.9 Å². The van der Waals surface area contributed by atoms with Crippen molar-refractivity contribution in [3.63, 3.8) is 0 Å². The molecule has 0 saturated heterocycles. The molecule has 0 radical (unpaired) electrons. The second-order valence-corrected chi connectivity index (χ2v) is 4.18. The number of carbonyl (C=O) groups excluding carboxylic acids is 1. The summed E-state index contributed by atoms with van der Waals surface area (Å²) in [4.78, 5) is 20.5. The Morgan fingerprint density at radius 3 is 2.70 bits per heavy atom. The molecule has 0 aliphatic rings. The zero-order valence-electron chi connectivity index (χ0n) is 9.91. The Kier molecular flexibility index (Phi) is 3.86. The summed E-state index contributed by atoms with van der Waals surface area (Å²) in [6.45, 7) is 0. The lowest BCUT2D eigenvalue weighted by Gasteiger charge is -1.99. The first kappa shape index (κ1) is 13.8. The van der Waals surface area contributed by atoms with Crippen LogP contribution in [0.15, 0.2) is 40.8 Å². The van der Waals surface area contributed by atoms with Gasteiger partial charge in [0.05, 0.1) is 10.9 Å². The van der Waals surface area contributed by atoms with Crippen LogP contribution in [0.25, 0.3) is 17.4 Å². The van der Waals surface area contributed by atoms with Crippen LogP contribution in [0, 0.1) is 10.1 Å². The molecular formula is C13H7ClNO5-. The molecule has 1 aromatic heterocycles. The van der Waals surface area contributed by atoms with Gasteiger partial charge in [-0.25, -0.2) is 0 Å². The summed E-state index contributed by atoms with van der Waals surface area (Å²) < 4.78 is 5.35. The number of benzene rings is 1. The number of nitro groups is 1. The molecule has 1 heterocycles. The van der Waals surface area contributed by atoms with Gasteiger partial charge in [0, 0.05) is 11.6 Å². The summed E-state index contributed by atoms with van der Waals surface area (Å²) in [6, 6.07) is 7.36. The van der Waals surface area contributed by atoms with Crippen LogP contribution >= 0.6 is 11.6 Å². The van der Waals surface area contributed by atoms with Crippen LogP contribution in [0.4, 0.5) is 5.69 Å². The number of carboxylic acid groups (broad SMARTS) is 1. The third kappa shape index (κ3) is 3.04. The van der Waals surface area contributed by atoms with Crippen LogP contribution < -0.4 is 5.11 Å². The summed E-state index contributed by atoms with van der Waals surface area (Å²) in [6.07, 6.45) is 2.05. The van der Waals surface area contributed by atoms with Gasteiger partial charge in [-0.1, -0.05) is 11.6 Å². The first-order valence-electron chi connectivity index (χ1n) is 5.40. The molecule has 1 aromatic carbocycles. The van der Waals surface area contributed by atoms with Crippen LogP contribution in [0.3, 0.4) is 0 Å². The van der Waals surface area contributed by atoms with E-state index in [1.54, 1.807) is 12.1 Å². The van der Waals surface area contributed by atoms with E-state index in [4.69, 9.17) is 16.0 Å². The number of halogens is 1. The summed E-state index contributed by atoms with van der Waals surface area (Å²) in [7, 11) is 0. The predicted octanol–water partition coefficient (Wildman–Crippen LogP) is 2.27. The molecule has 0 N–H and O–H groups in total. The Hall–Kier alpha value is -2.60. The molecule has 102 valence electrons. The number of carboxylic acids is 1. The lowest BCUT2D eigenvalue weighted by atomic mass is 10.1. The van der Waals surface area contributed by atoms with Crippen molar-refractivity contribution in [3.8, 4) is 11.3 Å². The van der Waals surface area contributed by atoms with E-state index in [-0.39, 0.29) is 10.7 Å². The van der Waals surface area contributed by atoms with Crippen molar-refractivity contribution in [1.82, 2.24) is 0 Å². The smallest absolute Gasteiger partial charge is 0.288 e. The molecule has 0 aliphatic carbocycles. The van der Waals surface area contributed by atoms with Crippen LogP contribution in [-0.4, -0.2) is 10.9 Å². The van der Waals surface area contributed by atoms with Crippen LogP contribution in [0.2, 0.25) is 5.02 Å². The van der Waals surface area contributed by atoms with Crippen molar-refractivity contribution < 1.29 is 19.2 Å². The van der Waals surface area contributed by atoms with E-state index in [9.17, 15) is 20.0 Å². The Bertz CT molecular complexity index is 705. The summed E-state index contributed by atoms with van der Waals surface area (Å²) in [5, 5.41) is 21.1. The minimum Gasteiger partial charge on any atom is -0.545 e. The number of carbonyl (C=O) groups is 1. The number of nitrogens with zero attached hydrogens (tertiary/aromatic N) is 1. The molecule has 0 fully saturated rings. The normalized spacial score (nSPS) is 10.8. The van der Waals surface area contributed by atoms with E-state index in [2.05, 4.69) is 0 Å². The first-order chi connectivity index (χ1) is 9.47. The van der Waals surface area contributed by atoms with Crippen LogP contribution in [-0.2, 0) is 4.79 Å². The SMILES string of the molecule is O=C([O-])/C=C/c1ccc(-c2ccc(Cl)c([N+](=O)[O-])c2)o1. The standard InChI is InChI=1S/C13H8ClNO5/c14-10-4-1-8(7-11(10)15(18)19)12-5-2-9(20-12)3-6-13(16)17/h1-7H,(H,16,17)/p-1/b6-3+. The molecule has 0 saturated carbocycles. The third-order valence-electron chi connectivity index (χ3n) is 2.44. The minimum absolute atomic E-state index is 0.0300. The number of rotatable bonds is 4. The Balaban J connectivity index is 2.35. The molecule has 0 bridgehead atoms. The number of hydrogen-bond donors (Lipinski definition) is 0. The van der Waals surface area contributed by atoms with Crippen molar-refractivity contribution in [1.29, 1.82) is 0 Å². The molecule has 0 spiro atoms. The molecule has 7 heteroatoms. The van der Waals surface area contributed by atoms with E-state index in [1.807, 2.05) is 0 Å². The predicted molar refractivity (Wildman–Crippen MR) is 69.8 cm³/mol.